The van der Waals surface area contributed by atoms with Crippen LogP contribution in [0, 0.1) is 10.1 Å². The van der Waals surface area contributed by atoms with E-state index in [4.69, 9.17) is 0 Å². The molecule has 0 aliphatic heterocycles. The van der Waals surface area contributed by atoms with Crippen molar-refractivity contribution >= 4 is 11.6 Å². The third-order valence-corrected chi connectivity index (χ3v) is 5.30. The van der Waals surface area contributed by atoms with Crippen molar-refractivity contribution in [1.29, 1.82) is 0 Å². The van der Waals surface area contributed by atoms with E-state index in [0.717, 1.165) is 23.1 Å². The van der Waals surface area contributed by atoms with Gasteiger partial charge in [0.05, 0.1) is 4.92 Å². The summed E-state index contributed by atoms with van der Waals surface area (Å²) in [6.45, 7) is 5.22. The minimum absolute atomic E-state index is 0.00642. The van der Waals surface area contributed by atoms with Crippen molar-refractivity contribution in [3.8, 4) is 11.1 Å². The van der Waals surface area contributed by atoms with E-state index in [9.17, 15) is 14.9 Å². The van der Waals surface area contributed by atoms with Gasteiger partial charge in [-0.25, -0.2) is 0 Å². The molecule has 5 heteroatoms. The van der Waals surface area contributed by atoms with Crippen LogP contribution in [0.5, 0.6) is 0 Å². The lowest BCUT2D eigenvalue weighted by Crippen LogP contribution is -2.30. The standard InChI is InChI=1S/C25H26N2O3/c1-3-26(4-2)25(28)23-12-8-11-20(18-23)21-15-16-24(27(29)30)22(17-21)14-13-19-9-6-5-7-10-19/h5-12,15-18H,3-4,13-14H2,1-2H3. The molecule has 5 nitrogen and oxygen atoms in total. The molecule has 3 aromatic rings. The molecule has 0 unspecified atom stereocenters. The molecule has 0 N–H and O–H groups in total. The van der Waals surface area contributed by atoms with E-state index in [1.165, 1.54) is 0 Å². The Morgan fingerprint density at radius 3 is 2.23 bits per heavy atom. The van der Waals surface area contributed by atoms with Crippen molar-refractivity contribution in [2.75, 3.05) is 13.1 Å². The number of benzene rings is 3. The van der Waals surface area contributed by atoms with Gasteiger partial charge < -0.3 is 4.90 Å². The number of nitro benzene ring substituents is 1. The first-order chi connectivity index (χ1) is 14.5. The molecule has 3 rings (SSSR count). The number of hydrogen-bond acceptors (Lipinski definition) is 3. The fourth-order valence-electron chi connectivity index (χ4n) is 3.59. The zero-order valence-corrected chi connectivity index (χ0v) is 17.4. The van der Waals surface area contributed by atoms with E-state index in [-0.39, 0.29) is 16.5 Å². The van der Waals surface area contributed by atoms with E-state index in [2.05, 4.69) is 0 Å². The second-order valence-corrected chi connectivity index (χ2v) is 7.14. The van der Waals surface area contributed by atoms with Crippen molar-refractivity contribution in [2.24, 2.45) is 0 Å². The molecule has 1 amide bonds. The van der Waals surface area contributed by atoms with Crippen LogP contribution in [0.15, 0.2) is 72.8 Å². The van der Waals surface area contributed by atoms with Crippen LogP contribution in [-0.2, 0) is 12.8 Å². The topological polar surface area (TPSA) is 63.5 Å². The lowest BCUT2D eigenvalue weighted by molar-refractivity contribution is -0.385. The fourth-order valence-corrected chi connectivity index (χ4v) is 3.59. The van der Waals surface area contributed by atoms with Crippen molar-refractivity contribution in [1.82, 2.24) is 4.90 Å². The molecule has 0 aliphatic rings. The van der Waals surface area contributed by atoms with Gasteiger partial charge in [-0.2, -0.15) is 0 Å². The Hall–Kier alpha value is -3.47. The SMILES string of the molecule is CCN(CC)C(=O)c1cccc(-c2ccc([N+](=O)[O-])c(CCc3ccccc3)c2)c1. The molecular formula is C25H26N2O3. The summed E-state index contributed by atoms with van der Waals surface area (Å²) in [7, 11) is 0. The van der Waals surface area contributed by atoms with Crippen LogP contribution < -0.4 is 0 Å². The molecule has 0 fully saturated rings. The van der Waals surface area contributed by atoms with Crippen molar-refractivity contribution in [3.63, 3.8) is 0 Å². The first-order valence-corrected chi connectivity index (χ1v) is 10.2. The third-order valence-electron chi connectivity index (χ3n) is 5.30. The Bertz CT molecular complexity index is 1030. The van der Waals surface area contributed by atoms with Crippen molar-refractivity contribution in [2.45, 2.75) is 26.7 Å². The summed E-state index contributed by atoms with van der Waals surface area (Å²) in [4.78, 5) is 25.7. The van der Waals surface area contributed by atoms with Gasteiger partial charge in [0.1, 0.15) is 0 Å². The highest BCUT2D eigenvalue weighted by molar-refractivity contribution is 5.95. The Kier molecular flexibility index (Phi) is 6.96. The molecule has 154 valence electrons. The largest absolute Gasteiger partial charge is 0.339 e. The maximum Gasteiger partial charge on any atom is 0.272 e. The molecule has 0 heterocycles. The normalized spacial score (nSPS) is 10.6. The van der Waals surface area contributed by atoms with Crippen LogP contribution in [0.1, 0.15) is 35.3 Å². The third kappa shape index (κ3) is 4.92. The van der Waals surface area contributed by atoms with Gasteiger partial charge in [0, 0.05) is 30.3 Å². The highest BCUT2D eigenvalue weighted by atomic mass is 16.6. The number of hydrogen-bond donors (Lipinski definition) is 0. The maximum absolute atomic E-state index is 12.7. The lowest BCUT2D eigenvalue weighted by atomic mass is 9.96. The molecule has 30 heavy (non-hydrogen) atoms. The van der Waals surface area contributed by atoms with Crippen molar-refractivity contribution in [3.05, 3.63) is 99.6 Å². The Labute approximate surface area is 177 Å². The van der Waals surface area contributed by atoms with E-state index >= 15 is 0 Å². The van der Waals surface area contributed by atoms with Gasteiger partial charge in [0.15, 0.2) is 0 Å². The van der Waals surface area contributed by atoms with Gasteiger partial charge in [-0.05, 0) is 67.6 Å². The number of aryl methyl sites for hydroxylation is 2. The summed E-state index contributed by atoms with van der Waals surface area (Å²) in [5.41, 5.74) is 4.35. The molecule has 0 atom stereocenters. The Morgan fingerprint density at radius 2 is 1.57 bits per heavy atom. The highest BCUT2D eigenvalue weighted by Gasteiger charge is 2.16. The zero-order valence-electron chi connectivity index (χ0n) is 17.4. The molecule has 3 aromatic carbocycles. The lowest BCUT2D eigenvalue weighted by Gasteiger charge is -2.19. The van der Waals surface area contributed by atoms with E-state index in [1.54, 1.807) is 17.0 Å². The predicted octanol–water partition coefficient (Wildman–Crippen LogP) is 5.53. The number of carbonyl (C=O) groups excluding carboxylic acids is 1. The molecular weight excluding hydrogens is 376 g/mol. The van der Waals surface area contributed by atoms with Gasteiger partial charge in [-0.1, -0.05) is 42.5 Å². The number of amides is 1. The average Bonchev–Trinajstić information content (AvgIpc) is 2.79. The molecule has 0 bridgehead atoms. The first-order valence-electron chi connectivity index (χ1n) is 10.2. The van der Waals surface area contributed by atoms with Gasteiger partial charge in [0.25, 0.3) is 11.6 Å². The van der Waals surface area contributed by atoms with Gasteiger partial charge in [0.2, 0.25) is 0 Å². The summed E-state index contributed by atoms with van der Waals surface area (Å²) in [6.07, 6.45) is 1.30. The van der Waals surface area contributed by atoms with E-state index < -0.39 is 0 Å². The van der Waals surface area contributed by atoms with Crippen LogP contribution in [0.2, 0.25) is 0 Å². The molecule has 0 saturated carbocycles. The van der Waals surface area contributed by atoms with E-state index in [1.807, 2.05) is 74.5 Å². The molecule has 0 spiro atoms. The van der Waals surface area contributed by atoms with Crippen LogP contribution in [-0.4, -0.2) is 28.8 Å². The highest BCUT2D eigenvalue weighted by Crippen LogP contribution is 2.28. The van der Waals surface area contributed by atoms with Crippen LogP contribution >= 0.6 is 0 Å². The molecule has 0 saturated heterocycles. The van der Waals surface area contributed by atoms with Crippen LogP contribution in [0.3, 0.4) is 0 Å². The van der Waals surface area contributed by atoms with E-state index in [0.29, 0.717) is 30.6 Å². The number of rotatable bonds is 8. The van der Waals surface area contributed by atoms with Crippen LogP contribution in [0.25, 0.3) is 11.1 Å². The average molecular weight is 402 g/mol. The van der Waals surface area contributed by atoms with Gasteiger partial charge in [-0.3, -0.25) is 14.9 Å². The summed E-state index contributed by atoms with van der Waals surface area (Å²) < 4.78 is 0. The maximum atomic E-state index is 12.7. The predicted molar refractivity (Wildman–Crippen MR) is 120 cm³/mol. The van der Waals surface area contributed by atoms with Crippen molar-refractivity contribution < 1.29 is 9.72 Å². The quantitative estimate of drug-likeness (QED) is 0.368. The molecule has 0 aliphatic carbocycles. The summed E-state index contributed by atoms with van der Waals surface area (Å²) in [6, 6.07) is 22.6. The number of carbonyl (C=O) groups is 1. The van der Waals surface area contributed by atoms with Crippen LogP contribution in [0.4, 0.5) is 5.69 Å². The molecule has 0 radical (unpaired) electrons. The Morgan fingerprint density at radius 1 is 0.867 bits per heavy atom. The van der Waals surface area contributed by atoms with Gasteiger partial charge >= 0.3 is 0 Å². The Balaban J connectivity index is 1.92. The summed E-state index contributed by atoms with van der Waals surface area (Å²) >= 11 is 0. The summed E-state index contributed by atoms with van der Waals surface area (Å²) in [5.74, 6) is -0.00642. The monoisotopic (exact) mass is 402 g/mol. The second kappa shape index (κ2) is 9.83. The number of nitrogens with zero attached hydrogens (tertiary/aromatic N) is 2. The zero-order chi connectivity index (χ0) is 21.5. The second-order valence-electron chi connectivity index (χ2n) is 7.14. The fraction of sp³-hybridized carbons (Fsp3) is 0.240. The summed E-state index contributed by atoms with van der Waals surface area (Å²) in [5, 5.41) is 11.5. The smallest absolute Gasteiger partial charge is 0.272 e. The number of nitro groups is 1. The molecule has 0 aromatic heterocycles. The minimum atomic E-state index is -0.329. The minimum Gasteiger partial charge on any atom is -0.339 e. The van der Waals surface area contributed by atoms with Gasteiger partial charge in [-0.15, -0.1) is 0 Å². The first kappa shape index (κ1) is 21.2.